The average molecular weight is 312 g/mol. The summed E-state index contributed by atoms with van der Waals surface area (Å²) in [4.78, 5) is 14.2. The Morgan fingerprint density at radius 3 is 2.23 bits per heavy atom. The highest BCUT2D eigenvalue weighted by atomic mass is 19.4. The predicted octanol–water partition coefficient (Wildman–Crippen LogP) is 3.84. The zero-order chi connectivity index (χ0) is 16.9. The summed E-state index contributed by atoms with van der Waals surface area (Å²) >= 11 is 0. The molecule has 1 aromatic rings. The summed E-state index contributed by atoms with van der Waals surface area (Å²) in [5, 5.41) is 8.17. The molecule has 1 saturated heterocycles. The van der Waals surface area contributed by atoms with Crippen LogP contribution in [-0.2, 0) is 11.0 Å². The number of likely N-dealkylation sites (tertiary alicyclic amines) is 1. The quantitative estimate of drug-likeness (QED) is 0.841. The summed E-state index contributed by atoms with van der Waals surface area (Å²) in [6.45, 7) is 7.29. The van der Waals surface area contributed by atoms with Crippen LogP contribution in [0.3, 0.4) is 0 Å². The summed E-state index contributed by atoms with van der Waals surface area (Å²) in [5.41, 5.74) is -0.922. The molecule has 0 saturated carbocycles. The van der Waals surface area contributed by atoms with Crippen LogP contribution in [0.25, 0.3) is 0 Å². The largest absolute Gasteiger partial charge is 0.416 e. The number of rotatable bonds is 1. The van der Waals surface area contributed by atoms with Gasteiger partial charge < -0.3 is 10.3 Å². The van der Waals surface area contributed by atoms with Crippen molar-refractivity contribution >= 4 is 11.6 Å². The van der Waals surface area contributed by atoms with Crippen molar-refractivity contribution in [1.29, 1.82) is 5.41 Å². The van der Waals surface area contributed by atoms with Crippen LogP contribution in [0.4, 0.5) is 13.2 Å². The molecular formula is C16H19F3N2O. The first-order chi connectivity index (χ1) is 9.94. The molecule has 1 heterocycles. The topological polar surface area (TPSA) is 44.2 Å². The van der Waals surface area contributed by atoms with Crippen LogP contribution in [0.15, 0.2) is 24.3 Å². The predicted molar refractivity (Wildman–Crippen MR) is 78.0 cm³/mol. The lowest BCUT2D eigenvalue weighted by atomic mass is 9.93. The van der Waals surface area contributed by atoms with Crippen LogP contribution in [0.1, 0.15) is 44.7 Å². The van der Waals surface area contributed by atoms with Gasteiger partial charge in [0.2, 0.25) is 5.91 Å². The average Bonchev–Trinajstić information content (AvgIpc) is 2.58. The number of nitrogens with one attached hydrogen (secondary N) is 1. The third-order valence-corrected chi connectivity index (χ3v) is 3.90. The van der Waals surface area contributed by atoms with Crippen molar-refractivity contribution in [3.63, 3.8) is 0 Å². The van der Waals surface area contributed by atoms with E-state index >= 15 is 0 Å². The van der Waals surface area contributed by atoms with Gasteiger partial charge in [0.1, 0.15) is 5.92 Å². The number of nitrogens with zero attached hydrogens (tertiary/aromatic N) is 1. The van der Waals surface area contributed by atoms with Gasteiger partial charge in [-0.2, -0.15) is 13.2 Å². The smallest absolute Gasteiger partial charge is 0.329 e. The second-order valence-electron chi connectivity index (χ2n) is 6.57. The van der Waals surface area contributed by atoms with Crippen LogP contribution < -0.4 is 0 Å². The summed E-state index contributed by atoms with van der Waals surface area (Å²) in [5.74, 6) is -1.25. The van der Waals surface area contributed by atoms with E-state index in [2.05, 4.69) is 0 Å². The van der Waals surface area contributed by atoms with Gasteiger partial charge in [-0.3, -0.25) is 4.79 Å². The van der Waals surface area contributed by atoms with Gasteiger partial charge in [0.05, 0.1) is 11.6 Å². The highest BCUT2D eigenvalue weighted by molar-refractivity contribution is 6.16. The molecule has 1 N–H and O–H groups in total. The SMILES string of the molecule is CC1C(=N)C(c2cccc(C(F)(F)F)c2)C(=O)N1C(C)(C)C. The van der Waals surface area contributed by atoms with Crippen LogP contribution in [0, 0.1) is 5.41 Å². The Labute approximate surface area is 127 Å². The van der Waals surface area contributed by atoms with E-state index in [1.165, 1.54) is 12.1 Å². The van der Waals surface area contributed by atoms with Gasteiger partial charge >= 0.3 is 6.18 Å². The summed E-state index contributed by atoms with van der Waals surface area (Å²) < 4.78 is 38.5. The monoisotopic (exact) mass is 312 g/mol. The van der Waals surface area contributed by atoms with Gasteiger partial charge in [-0.05, 0) is 39.3 Å². The first kappa shape index (κ1) is 16.5. The molecule has 1 fully saturated rings. The fourth-order valence-electron chi connectivity index (χ4n) is 2.97. The Balaban J connectivity index is 2.46. The molecule has 0 spiro atoms. The molecule has 2 unspecified atom stereocenters. The van der Waals surface area contributed by atoms with Crippen molar-refractivity contribution in [3.05, 3.63) is 35.4 Å². The Morgan fingerprint density at radius 1 is 1.18 bits per heavy atom. The third-order valence-electron chi connectivity index (χ3n) is 3.90. The van der Waals surface area contributed by atoms with Crippen LogP contribution in [0.5, 0.6) is 0 Å². The lowest BCUT2D eigenvalue weighted by molar-refractivity contribution is -0.138. The molecule has 6 heteroatoms. The molecule has 0 aliphatic carbocycles. The minimum atomic E-state index is -4.46. The zero-order valence-electron chi connectivity index (χ0n) is 13.0. The summed E-state index contributed by atoms with van der Waals surface area (Å²) in [6.07, 6.45) is -4.46. The van der Waals surface area contributed by atoms with Crippen molar-refractivity contribution < 1.29 is 18.0 Å². The standard InChI is InChI=1S/C16H19F3N2O/c1-9-13(20)12(14(22)21(9)15(2,3)4)10-6-5-7-11(8-10)16(17,18)19/h5-9,12,20H,1-4H3. The van der Waals surface area contributed by atoms with Gasteiger partial charge in [0.15, 0.2) is 0 Å². The number of carbonyl (C=O) groups is 1. The highest BCUT2D eigenvalue weighted by Crippen LogP contribution is 2.37. The Morgan fingerprint density at radius 2 is 1.77 bits per heavy atom. The fraction of sp³-hybridized carbons (Fsp3) is 0.500. The van der Waals surface area contributed by atoms with E-state index in [1.54, 1.807) is 11.8 Å². The molecule has 2 rings (SSSR count). The van der Waals surface area contributed by atoms with Gasteiger partial charge in [0.25, 0.3) is 0 Å². The number of amides is 1. The number of hydrogen-bond acceptors (Lipinski definition) is 2. The molecule has 3 nitrogen and oxygen atoms in total. The molecule has 0 bridgehead atoms. The van der Waals surface area contributed by atoms with Crippen molar-refractivity contribution in [1.82, 2.24) is 4.90 Å². The summed E-state index contributed by atoms with van der Waals surface area (Å²) in [7, 11) is 0. The summed E-state index contributed by atoms with van der Waals surface area (Å²) in [6, 6.07) is 4.27. The highest BCUT2D eigenvalue weighted by Gasteiger charge is 2.47. The first-order valence-corrected chi connectivity index (χ1v) is 7.03. The van der Waals surface area contributed by atoms with E-state index in [4.69, 9.17) is 5.41 Å². The molecule has 1 aliphatic rings. The number of hydrogen-bond donors (Lipinski definition) is 1. The van der Waals surface area contributed by atoms with E-state index in [1.807, 2.05) is 20.8 Å². The molecule has 22 heavy (non-hydrogen) atoms. The maximum atomic E-state index is 12.8. The van der Waals surface area contributed by atoms with Gasteiger partial charge in [0, 0.05) is 11.3 Å². The van der Waals surface area contributed by atoms with Crippen molar-refractivity contribution in [2.24, 2.45) is 0 Å². The number of halogens is 3. The maximum Gasteiger partial charge on any atom is 0.416 e. The molecule has 120 valence electrons. The molecule has 0 aromatic heterocycles. The molecule has 2 atom stereocenters. The van der Waals surface area contributed by atoms with Gasteiger partial charge in [-0.25, -0.2) is 0 Å². The normalized spacial score (nSPS) is 23.3. The molecular weight excluding hydrogens is 293 g/mol. The zero-order valence-corrected chi connectivity index (χ0v) is 13.0. The van der Waals surface area contributed by atoms with E-state index in [0.717, 1.165) is 12.1 Å². The number of carbonyl (C=O) groups excluding carboxylic acids is 1. The minimum Gasteiger partial charge on any atom is -0.329 e. The molecule has 0 radical (unpaired) electrons. The van der Waals surface area contributed by atoms with E-state index in [-0.39, 0.29) is 17.2 Å². The molecule has 1 aliphatic heterocycles. The van der Waals surface area contributed by atoms with Crippen molar-refractivity contribution in [2.45, 2.75) is 51.4 Å². The van der Waals surface area contributed by atoms with E-state index in [0.29, 0.717) is 0 Å². The van der Waals surface area contributed by atoms with Gasteiger partial charge in [-0.1, -0.05) is 18.2 Å². The number of benzene rings is 1. The Hall–Kier alpha value is -1.85. The lowest BCUT2D eigenvalue weighted by Gasteiger charge is -2.35. The Bertz CT molecular complexity index is 617. The number of alkyl halides is 3. The Kier molecular flexibility index (Phi) is 3.83. The van der Waals surface area contributed by atoms with Crippen LogP contribution in [-0.4, -0.2) is 28.1 Å². The lowest BCUT2D eigenvalue weighted by Crippen LogP contribution is -2.47. The first-order valence-electron chi connectivity index (χ1n) is 7.03. The van der Waals surface area contributed by atoms with Crippen molar-refractivity contribution in [3.8, 4) is 0 Å². The molecule has 1 aromatic carbocycles. The third kappa shape index (κ3) is 2.74. The van der Waals surface area contributed by atoms with Crippen molar-refractivity contribution in [2.75, 3.05) is 0 Å². The minimum absolute atomic E-state index is 0.138. The van der Waals surface area contributed by atoms with Crippen LogP contribution in [0.2, 0.25) is 0 Å². The van der Waals surface area contributed by atoms with E-state index in [9.17, 15) is 18.0 Å². The second-order valence-corrected chi connectivity index (χ2v) is 6.57. The fourth-order valence-corrected chi connectivity index (χ4v) is 2.97. The molecule has 1 amide bonds. The van der Waals surface area contributed by atoms with Gasteiger partial charge in [-0.15, -0.1) is 0 Å². The maximum absolute atomic E-state index is 12.8. The van der Waals surface area contributed by atoms with Crippen LogP contribution >= 0.6 is 0 Å². The van der Waals surface area contributed by atoms with E-state index < -0.39 is 29.2 Å². The second kappa shape index (κ2) is 5.11.